The fourth-order valence-electron chi connectivity index (χ4n) is 6.30. The van der Waals surface area contributed by atoms with Crippen LogP contribution in [0.2, 0.25) is 0 Å². The summed E-state index contributed by atoms with van der Waals surface area (Å²) < 4.78 is 19.1. The summed E-state index contributed by atoms with van der Waals surface area (Å²) in [5, 5.41) is 0. The van der Waals surface area contributed by atoms with Gasteiger partial charge in [0.05, 0.1) is 13.7 Å². The molecule has 0 bridgehead atoms. The summed E-state index contributed by atoms with van der Waals surface area (Å²) in [7, 11) is 5.09. The second-order valence-corrected chi connectivity index (χ2v) is 11.7. The third-order valence-corrected chi connectivity index (χ3v) is 9.94. The fourth-order valence-corrected chi connectivity index (χ4v) is 8.43. The highest BCUT2D eigenvalue weighted by atomic mass is 32.2. The maximum atomic E-state index is 14.8. The number of anilines is 1. The SMILES string of the molecule is COc1ccc(CN2C(=O)[C@]3(SC2=S)[C@@H](c2cccnc2)CN(C)[C@]32C(=O)N(C)c3ccc(F)cc32)cc1. The van der Waals surface area contributed by atoms with Crippen LogP contribution in [0.4, 0.5) is 10.1 Å². The van der Waals surface area contributed by atoms with Crippen LogP contribution in [0.5, 0.6) is 5.75 Å². The maximum absolute atomic E-state index is 14.8. The molecule has 2 spiro atoms. The van der Waals surface area contributed by atoms with E-state index in [1.807, 2.05) is 48.3 Å². The van der Waals surface area contributed by atoms with Crippen LogP contribution >= 0.6 is 24.0 Å². The number of likely N-dealkylation sites (tertiary alicyclic amines) is 1. The van der Waals surface area contributed by atoms with Crippen LogP contribution < -0.4 is 9.64 Å². The van der Waals surface area contributed by atoms with Gasteiger partial charge in [-0.05, 0) is 54.6 Å². The summed E-state index contributed by atoms with van der Waals surface area (Å²) in [5.41, 5.74) is 1.31. The first kappa shape index (κ1) is 25.0. The van der Waals surface area contributed by atoms with Gasteiger partial charge in [-0.25, -0.2) is 4.39 Å². The number of thiocarbonyl (C=S) groups is 1. The van der Waals surface area contributed by atoms with Crippen molar-refractivity contribution in [2.45, 2.75) is 22.7 Å². The minimum atomic E-state index is -1.46. The van der Waals surface area contributed by atoms with Crippen LogP contribution in [0.25, 0.3) is 0 Å². The predicted molar refractivity (Wildman–Crippen MR) is 148 cm³/mol. The van der Waals surface area contributed by atoms with E-state index < -0.39 is 22.0 Å². The van der Waals surface area contributed by atoms with Gasteiger partial charge in [0.2, 0.25) is 5.91 Å². The molecular formula is C28H25FN4O3S2. The molecule has 0 unspecified atom stereocenters. The molecule has 10 heteroatoms. The Bertz CT molecular complexity index is 1470. The smallest absolute Gasteiger partial charge is 0.254 e. The second-order valence-electron chi connectivity index (χ2n) is 9.80. The number of amides is 2. The van der Waals surface area contributed by atoms with Crippen LogP contribution in [-0.4, -0.2) is 63.4 Å². The number of thioether (sulfide) groups is 1. The lowest BCUT2D eigenvalue weighted by atomic mass is 9.72. The molecule has 38 heavy (non-hydrogen) atoms. The number of ether oxygens (including phenoxy) is 1. The second kappa shape index (κ2) is 8.86. The van der Waals surface area contributed by atoms with Crippen molar-refractivity contribution in [2.75, 3.05) is 32.6 Å². The molecule has 0 radical (unpaired) electrons. The van der Waals surface area contributed by atoms with Gasteiger partial charge >= 0.3 is 0 Å². The van der Waals surface area contributed by atoms with Gasteiger partial charge in [-0.3, -0.25) is 24.4 Å². The lowest BCUT2D eigenvalue weighted by Gasteiger charge is -2.42. The normalized spacial score (nSPS) is 26.7. The van der Waals surface area contributed by atoms with Crippen LogP contribution in [0.15, 0.2) is 67.0 Å². The van der Waals surface area contributed by atoms with Gasteiger partial charge < -0.3 is 9.64 Å². The molecule has 0 N–H and O–H groups in total. The molecule has 2 saturated heterocycles. The van der Waals surface area contributed by atoms with Gasteiger partial charge in [0, 0.05) is 43.2 Å². The molecule has 3 aliphatic heterocycles. The van der Waals surface area contributed by atoms with E-state index >= 15 is 0 Å². The molecule has 7 nitrogen and oxygen atoms in total. The summed E-state index contributed by atoms with van der Waals surface area (Å²) in [6.45, 7) is 0.634. The highest BCUT2D eigenvalue weighted by molar-refractivity contribution is 8.25. The summed E-state index contributed by atoms with van der Waals surface area (Å²) in [5.74, 6) is -0.722. The zero-order valence-electron chi connectivity index (χ0n) is 21.1. The molecule has 2 amide bonds. The number of halogens is 1. The molecule has 2 aromatic carbocycles. The standard InChI is InChI=1S/C28H25FN4O3S2/c1-31-16-22(18-5-4-12-30-14-18)28(27(31)21-13-19(29)8-11-23(21)32(2)24(27)34)25(35)33(26(37)38-28)15-17-6-9-20(36-3)10-7-17/h4-14,22H,15-16H2,1-3H3/t22-,27-,28-/m1/s1. The van der Waals surface area contributed by atoms with Gasteiger partial charge in [-0.1, -0.05) is 42.2 Å². The van der Waals surface area contributed by atoms with Crippen molar-refractivity contribution < 1.29 is 18.7 Å². The number of benzene rings is 2. The number of nitrogens with zero attached hydrogens (tertiary/aromatic N) is 4. The largest absolute Gasteiger partial charge is 0.497 e. The summed E-state index contributed by atoms with van der Waals surface area (Å²) in [4.78, 5) is 38.4. The van der Waals surface area contributed by atoms with Crippen molar-refractivity contribution >= 4 is 45.8 Å². The van der Waals surface area contributed by atoms with Crippen LogP contribution in [0.1, 0.15) is 22.6 Å². The van der Waals surface area contributed by atoms with Crippen LogP contribution in [0, 0.1) is 5.82 Å². The van der Waals surface area contributed by atoms with Crippen molar-refractivity contribution in [1.29, 1.82) is 0 Å². The Labute approximate surface area is 229 Å². The molecule has 3 aromatic rings. The van der Waals surface area contributed by atoms with Crippen molar-refractivity contribution in [3.8, 4) is 5.75 Å². The van der Waals surface area contributed by atoms with Crippen molar-refractivity contribution in [1.82, 2.24) is 14.8 Å². The lowest BCUT2D eigenvalue weighted by Crippen LogP contribution is -2.62. The van der Waals surface area contributed by atoms with Gasteiger partial charge in [0.25, 0.3) is 5.91 Å². The Morgan fingerprint density at radius 3 is 2.58 bits per heavy atom. The Hall–Kier alpha value is -3.34. The van der Waals surface area contributed by atoms with Crippen molar-refractivity contribution in [2.24, 2.45) is 0 Å². The summed E-state index contributed by atoms with van der Waals surface area (Å²) >= 11 is 7.08. The fraction of sp³-hybridized carbons (Fsp3) is 0.286. The number of likely N-dealkylation sites (N-methyl/N-ethyl adjacent to an activating group) is 2. The first-order valence-corrected chi connectivity index (χ1v) is 13.4. The van der Waals surface area contributed by atoms with Crippen molar-refractivity contribution in [3.05, 3.63) is 89.5 Å². The van der Waals surface area contributed by atoms with E-state index in [0.29, 0.717) is 27.9 Å². The minimum Gasteiger partial charge on any atom is -0.497 e. The average molecular weight is 549 g/mol. The predicted octanol–water partition coefficient (Wildman–Crippen LogP) is 3.93. The summed E-state index contributed by atoms with van der Waals surface area (Å²) in [6.07, 6.45) is 3.41. The average Bonchev–Trinajstić information content (AvgIpc) is 3.43. The number of carbonyl (C=O) groups is 2. The number of fused-ring (bicyclic) bond motifs is 3. The Balaban J connectivity index is 1.56. The number of aromatic nitrogens is 1. The van der Waals surface area contributed by atoms with Crippen LogP contribution in [0.3, 0.4) is 0 Å². The highest BCUT2D eigenvalue weighted by Crippen LogP contribution is 2.66. The van der Waals surface area contributed by atoms with E-state index in [2.05, 4.69) is 4.98 Å². The number of pyridine rings is 1. The molecule has 0 aliphatic carbocycles. The minimum absolute atomic E-state index is 0.246. The highest BCUT2D eigenvalue weighted by Gasteiger charge is 2.78. The van der Waals surface area contributed by atoms with E-state index in [4.69, 9.17) is 17.0 Å². The third kappa shape index (κ3) is 3.17. The van der Waals surface area contributed by atoms with Gasteiger partial charge in [-0.15, -0.1) is 0 Å². The molecule has 1 aromatic heterocycles. The Kier molecular flexibility index (Phi) is 5.82. The first-order chi connectivity index (χ1) is 18.3. The summed E-state index contributed by atoms with van der Waals surface area (Å²) in [6, 6.07) is 15.5. The Morgan fingerprint density at radius 2 is 1.89 bits per heavy atom. The van der Waals surface area contributed by atoms with Crippen LogP contribution in [-0.2, 0) is 21.7 Å². The molecule has 0 saturated carbocycles. The third-order valence-electron chi connectivity index (χ3n) is 8.00. The monoisotopic (exact) mass is 548 g/mol. The van der Waals surface area contributed by atoms with E-state index in [9.17, 15) is 14.0 Å². The van der Waals surface area contributed by atoms with E-state index in [1.54, 1.807) is 37.5 Å². The number of rotatable bonds is 4. The first-order valence-electron chi connectivity index (χ1n) is 12.1. The topological polar surface area (TPSA) is 66.0 Å². The lowest BCUT2D eigenvalue weighted by molar-refractivity contribution is -0.139. The molecule has 4 heterocycles. The van der Waals surface area contributed by atoms with E-state index in [-0.39, 0.29) is 18.4 Å². The van der Waals surface area contributed by atoms with Gasteiger partial charge in [-0.2, -0.15) is 0 Å². The van der Waals surface area contributed by atoms with Crippen molar-refractivity contribution in [3.63, 3.8) is 0 Å². The Morgan fingerprint density at radius 1 is 1.13 bits per heavy atom. The van der Waals surface area contributed by atoms with E-state index in [1.165, 1.54) is 28.8 Å². The molecule has 194 valence electrons. The molecule has 3 aliphatic rings. The quantitative estimate of drug-likeness (QED) is 0.458. The van der Waals surface area contributed by atoms with E-state index in [0.717, 1.165) is 11.1 Å². The maximum Gasteiger partial charge on any atom is 0.254 e. The van der Waals surface area contributed by atoms with Gasteiger partial charge in [0.1, 0.15) is 20.6 Å². The molecule has 6 rings (SSSR count). The zero-order chi connectivity index (χ0) is 26.8. The number of hydrogen-bond acceptors (Lipinski definition) is 7. The number of methoxy groups -OCH3 is 1. The number of hydrogen-bond donors (Lipinski definition) is 0. The van der Waals surface area contributed by atoms with Gasteiger partial charge in [0.15, 0.2) is 5.54 Å². The number of carbonyl (C=O) groups excluding carboxylic acids is 2. The molecular weight excluding hydrogens is 523 g/mol. The zero-order valence-corrected chi connectivity index (χ0v) is 22.7. The molecule has 2 fully saturated rings. The molecule has 3 atom stereocenters.